The van der Waals surface area contributed by atoms with Crippen LogP contribution in [0.15, 0.2) is 66.9 Å². The summed E-state index contributed by atoms with van der Waals surface area (Å²) in [6, 6.07) is 21.4. The molecule has 2 nitrogen and oxygen atoms in total. The Hall–Kier alpha value is -2.32. The predicted octanol–water partition coefficient (Wildman–Crippen LogP) is 5.00. The third-order valence-corrected chi connectivity index (χ3v) is 6.00. The zero-order chi connectivity index (χ0) is 16.8. The smallest absolute Gasteiger partial charge is 0.0478 e. The van der Waals surface area contributed by atoms with E-state index in [4.69, 9.17) is 0 Å². The largest absolute Gasteiger partial charge is 0.351 e. The lowest BCUT2D eigenvalue weighted by atomic mass is 9.93. The Balaban J connectivity index is 1.43. The number of benzene rings is 2. The average Bonchev–Trinajstić information content (AvgIpc) is 3.11. The van der Waals surface area contributed by atoms with Crippen LogP contribution in [-0.2, 0) is 13.6 Å². The predicted molar refractivity (Wildman–Crippen MR) is 104 cm³/mol. The first kappa shape index (κ1) is 15.0. The first-order valence-corrected chi connectivity index (χ1v) is 9.34. The van der Waals surface area contributed by atoms with Crippen LogP contribution >= 0.6 is 0 Å². The van der Waals surface area contributed by atoms with Crippen LogP contribution < -0.4 is 0 Å². The van der Waals surface area contributed by atoms with Crippen molar-refractivity contribution in [3.63, 3.8) is 0 Å². The molecule has 0 radical (unpaired) electrons. The Morgan fingerprint density at radius 2 is 1.88 bits per heavy atom. The molecule has 1 aromatic heterocycles. The second-order valence-corrected chi connectivity index (χ2v) is 7.55. The van der Waals surface area contributed by atoms with Crippen molar-refractivity contribution in [3.05, 3.63) is 78.0 Å². The van der Waals surface area contributed by atoms with Crippen LogP contribution in [0.2, 0.25) is 0 Å². The zero-order valence-electron chi connectivity index (χ0n) is 14.7. The van der Waals surface area contributed by atoms with Crippen molar-refractivity contribution >= 4 is 16.5 Å². The highest BCUT2D eigenvalue weighted by Crippen LogP contribution is 2.39. The van der Waals surface area contributed by atoms with Gasteiger partial charge in [0.05, 0.1) is 0 Å². The van der Waals surface area contributed by atoms with Crippen molar-refractivity contribution in [3.8, 4) is 0 Å². The molecule has 2 unspecified atom stereocenters. The highest BCUT2D eigenvalue weighted by molar-refractivity contribution is 5.85. The van der Waals surface area contributed by atoms with E-state index in [-0.39, 0.29) is 0 Å². The van der Waals surface area contributed by atoms with Crippen molar-refractivity contribution in [2.45, 2.75) is 37.9 Å². The molecule has 0 aliphatic carbocycles. The van der Waals surface area contributed by atoms with E-state index in [2.05, 4.69) is 83.4 Å². The standard InChI is InChI=1S/C23H24N2/c1-24-12-11-19-13-18(7-10-23(19)24)20-14-21-8-9-22(15-20)25(21)16-17-5-3-2-4-6-17/h2-7,10-14,21-22H,8-9,15-16H2,1H3. The molecule has 2 aromatic carbocycles. The summed E-state index contributed by atoms with van der Waals surface area (Å²) in [5.41, 5.74) is 5.70. The van der Waals surface area contributed by atoms with Gasteiger partial charge in [0.2, 0.25) is 0 Å². The van der Waals surface area contributed by atoms with Crippen LogP contribution in [0.5, 0.6) is 0 Å². The molecule has 0 N–H and O–H groups in total. The maximum atomic E-state index is 2.71. The van der Waals surface area contributed by atoms with Crippen LogP contribution in [0, 0.1) is 0 Å². The summed E-state index contributed by atoms with van der Waals surface area (Å²) in [6.07, 6.45) is 8.49. The minimum Gasteiger partial charge on any atom is -0.351 e. The van der Waals surface area contributed by atoms with E-state index in [1.54, 1.807) is 5.57 Å². The minimum atomic E-state index is 0.598. The summed E-state index contributed by atoms with van der Waals surface area (Å²) in [7, 11) is 2.11. The van der Waals surface area contributed by atoms with Gasteiger partial charge in [0, 0.05) is 42.8 Å². The topological polar surface area (TPSA) is 8.17 Å². The normalized spacial score (nSPS) is 23.2. The van der Waals surface area contributed by atoms with Crippen LogP contribution in [0.25, 0.3) is 16.5 Å². The van der Waals surface area contributed by atoms with Crippen LogP contribution in [0.4, 0.5) is 0 Å². The summed E-state index contributed by atoms with van der Waals surface area (Å²) < 4.78 is 2.19. The summed E-state index contributed by atoms with van der Waals surface area (Å²) >= 11 is 0. The highest BCUT2D eigenvalue weighted by Gasteiger charge is 2.36. The van der Waals surface area contributed by atoms with Crippen molar-refractivity contribution in [2.24, 2.45) is 7.05 Å². The van der Waals surface area contributed by atoms with Gasteiger partial charge in [-0.05, 0) is 54.2 Å². The third kappa shape index (κ3) is 2.61. The van der Waals surface area contributed by atoms with E-state index in [0.29, 0.717) is 12.1 Å². The Kier molecular flexibility index (Phi) is 3.53. The van der Waals surface area contributed by atoms with E-state index in [9.17, 15) is 0 Å². The first-order chi connectivity index (χ1) is 12.3. The fourth-order valence-electron chi connectivity index (χ4n) is 4.65. The molecule has 25 heavy (non-hydrogen) atoms. The van der Waals surface area contributed by atoms with E-state index < -0.39 is 0 Å². The zero-order valence-corrected chi connectivity index (χ0v) is 14.7. The van der Waals surface area contributed by atoms with Crippen LogP contribution in [0.1, 0.15) is 30.4 Å². The summed E-state index contributed by atoms with van der Waals surface area (Å²) in [5.74, 6) is 0. The van der Waals surface area contributed by atoms with E-state index in [1.807, 2.05) is 0 Å². The quantitative estimate of drug-likeness (QED) is 0.657. The summed E-state index contributed by atoms with van der Waals surface area (Å²) in [6.45, 7) is 1.08. The SMILES string of the molecule is Cn1ccc2cc(C3=CC4CCC(C3)N4Cc3ccccc3)ccc21. The van der Waals surface area contributed by atoms with Gasteiger partial charge in [-0.15, -0.1) is 0 Å². The molecule has 0 saturated carbocycles. The van der Waals surface area contributed by atoms with Gasteiger partial charge in [0.15, 0.2) is 0 Å². The molecule has 1 saturated heterocycles. The summed E-state index contributed by atoms with van der Waals surface area (Å²) in [5, 5.41) is 1.35. The van der Waals surface area contributed by atoms with E-state index in [0.717, 1.165) is 6.54 Å². The van der Waals surface area contributed by atoms with Crippen molar-refractivity contribution in [2.75, 3.05) is 0 Å². The fourth-order valence-corrected chi connectivity index (χ4v) is 4.65. The van der Waals surface area contributed by atoms with Gasteiger partial charge in [-0.3, -0.25) is 4.90 Å². The van der Waals surface area contributed by atoms with Crippen molar-refractivity contribution in [1.29, 1.82) is 0 Å². The van der Waals surface area contributed by atoms with Gasteiger partial charge < -0.3 is 4.57 Å². The average molecular weight is 328 g/mol. The van der Waals surface area contributed by atoms with Gasteiger partial charge in [-0.25, -0.2) is 0 Å². The second kappa shape index (κ2) is 5.89. The van der Waals surface area contributed by atoms with Gasteiger partial charge in [-0.1, -0.05) is 42.5 Å². The third-order valence-electron chi connectivity index (χ3n) is 6.00. The number of rotatable bonds is 3. The number of aryl methyl sites for hydroxylation is 1. The lowest BCUT2D eigenvalue weighted by Crippen LogP contribution is -2.37. The van der Waals surface area contributed by atoms with Crippen molar-refractivity contribution < 1.29 is 0 Å². The number of fused-ring (bicyclic) bond motifs is 3. The molecule has 5 rings (SSSR count). The van der Waals surface area contributed by atoms with E-state index in [1.165, 1.54) is 41.3 Å². The van der Waals surface area contributed by atoms with Gasteiger partial charge in [-0.2, -0.15) is 0 Å². The Labute approximate surface area is 149 Å². The van der Waals surface area contributed by atoms with Crippen molar-refractivity contribution in [1.82, 2.24) is 9.47 Å². The molecule has 2 aliphatic rings. The van der Waals surface area contributed by atoms with Gasteiger partial charge >= 0.3 is 0 Å². The molecule has 0 spiro atoms. The number of hydrogen-bond acceptors (Lipinski definition) is 1. The first-order valence-electron chi connectivity index (χ1n) is 9.34. The molecule has 126 valence electrons. The van der Waals surface area contributed by atoms with Gasteiger partial charge in [0.25, 0.3) is 0 Å². The molecule has 3 aromatic rings. The monoisotopic (exact) mass is 328 g/mol. The van der Waals surface area contributed by atoms with Crippen LogP contribution in [0.3, 0.4) is 0 Å². The molecule has 1 fully saturated rings. The lowest BCUT2D eigenvalue weighted by Gasteiger charge is -2.34. The molecule has 3 heterocycles. The number of aromatic nitrogens is 1. The molecular formula is C23H24N2. The van der Waals surface area contributed by atoms with Gasteiger partial charge in [0.1, 0.15) is 0 Å². The number of nitrogens with zero attached hydrogens (tertiary/aromatic N) is 2. The Morgan fingerprint density at radius 3 is 2.72 bits per heavy atom. The lowest BCUT2D eigenvalue weighted by molar-refractivity contribution is 0.203. The molecule has 2 heteroatoms. The number of hydrogen-bond donors (Lipinski definition) is 0. The fraction of sp³-hybridized carbons (Fsp3) is 0.304. The molecule has 2 bridgehead atoms. The molecule has 0 amide bonds. The Bertz CT molecular complexity index is 935. The second-order valence-electron chi connectivity index (χ2n) is 7.55. The molecule has 2 aliphatic heterocycles. The minimum absolute atomic E-state index is 0.598. The molecular weight excluding hydrogens is 304 g/mol. The van der Waals surface area contributed by atoms with Crippen LogP contribution in [-0.4, -0.2) is 21.6 Å². The maximum absolute atomic E-state index is 2.71. The Morgan fingerprint density at radius 1 is 1.00 bits per heavy atom. The summed E-state index contributed by atoms with van der Waals surface area (Å²) in [4.78, 5) is 2.71. The highest BCUT2D eigenvalue weighted by atomic mass is 15.2. The maximum Gasteiger partial charge on any atom is 0.0478 e. The molecule has 2 atom stereocenters. The van der Waals surface area contributed by atoms with E-state index >= 15 is 0 Å².